The van der Waals surface area contributed by atoms with Gasteiger partial charge < -0.3 is 8.94 Å². The highest BCUT2D eigenvalue weighted by molar-refractivity contribution is 7.09. The minimum atomic E-state index is 0.345. The highest BCUT2D eigenvalue weighted by atomic mass is 32.1. The Morgan fingerprint density at radius 1 is 0.372 bits per heavy atom. The lowest BCUT2D eigenvalue weighted by Crippen LogP contribution is -1.91. The summed E-state index contributed by atoms with van der Waals surface area (Å²) in [5.74, 6) is 6.10. The number of hydrogen-bond donors (Lipinski definition) is 1. The number of benzene rings is 3. The number of fused-ring (bicyclic) bond motifs is 2. The van der Waals surface area contributed by atoms with Crippen molar-refractivity contribution in [1.29, 1.82) is 0 Å². The Labute approximate surface area is 566 Å². The molecule has 0 bridgehead atoms. The maximum absolute atomic E-state index is 4.87. The van der Waals surface area contributed by atoms with Crippen LogP contribution in [0, 0.1) is 0 Å². The molecule has 0 saturated heterocycles. The molecule has 0 aliphatic carbocycles. The van der Waals surface area contributed by atoms with E-state index in [9.17, 15) is 0 Å². The molecule has 1 N–H and O–H groups in total. The summed E-state index contributed by atoms with van der Waals surface area (Å²) >= 11 is 1.61. The van der Waals surface area contributed by atoms with Crippen molar-refractivity contribution in [3.05, 3.63) is 269 Å². The summed E-state index contributed by atoms with van der Waals surface area (Å²) in [6.07, 6.45) is 17.8. The van der Waals surface area contributed by atoms with Gasteiger partial charge in [0.1, 0.15) is 16.8 Å². The van der Waals surface area contributed by atoms with E-state index in [0.29, 0.717) is 65.1 Å². The van der Waals surface area contributed by atoms with Gasteiger partial charge in [-0.3, -0.25) is 30.0 Å². The zero-order valence-corrected chi connectivity index (χ0v) is 60.4. The second kappa shape index (κ2) is 45.4. The van der Waals surface area contributed by atoms with Crippen LogP contribution >= 0.6 is 11.3 Å². The Hall–Kier alpha value is -8.95. The average molecular weight is 1290 g/mol. The lowest BCUT2D eigenvalue weighted by molar-refractivity contribution is 0.408. The van der Waals surface area contributed by atoms with E-state index in [1.54, 1.807) is 35.5 Å². The van der Waals surface area contributed by atoms with E-state index in [2.05, 4.69) is 257 Å². The number of aromatic amines is 1. The maximum atomic E-state index is 4.87. The molecule has 94 heavy (non-hydrogen) atoms. The first-order chi connectivity index (χ1) is 45.0. The van der Waals surface area contributed by atoms with Gasteiger partial charge in [0, 0.05) is 95.3 Å². The summed E-state index contributed by atoms with van der Waals surface area (Å²) in [7, 11) is 0. The summed E-state index contributed by atoms with van der Waals surface area (Å²) in [5.41, 5.74) is 12.8. The van der Waals surface area contributed by atoms with E-state index in [1.807, 2.05) is 130 Å². The van der Waals surface area contributed by atoms with Gasteiger partial charge in [0.05, 0.1) is 11.2 Å². The minimum Gasteiger partial charge on any atom is -0.428 e. The molecule has 0 radical (unpaired) electrons. The quantitative estimate of drug-likeness (QED) is 0.137. The molecule has 9 heterocycles. The van der Waals surface area contributed by atoms with Crippen molar-refractivity contribution in [2.75, 3.05) is 0 Å². The molecule has 0 amide bonds. The molecule has 0 saturated carbocycles. The monoisotopic (exact) mass is 1290 g/mol. The number of nitrogens with zero attached hydrogens (tertiary/aromatic N) is 11. The fraction of sp³-hybridized carbons (Fsp3) is 0.380. The smallest absolute Gasteiger partial charge is 0.218 e. The van der Waals surface area contributed by atoms with Crippen molar-refractivity contribution in [1.82, 2.24) is 60.7 Å². The predicted octanol–water partition coefficient (Wildman–Crippen LogP) is 22.3. The van der Waals surface area contributed by atoms with Gasteiger partial charge in [-0.1, -0.05) is 229 Å². The molecule has 0 fully saturated rings. The van der Waals surface area contributed by atoms with Gasteiger partial charge in [-0.25, -0.2) is 0 Å². The van der Waals surface area contributed by atoms with Crippen molar-refractivity contribution in [2.45, 2.75) is 198 Å². The SMILES string of the molecule is CC(C)c1cc2ccccc2cn1.CC(C)c1ccccc1.CC(C)c1ccccn1.CC(C)c1cccnc1.CC(C)c1ccn[nH]1.CC(C)c1ccncc1.CC(C)c1ccon1.CC(C)c1cnc2ccccc2c1.CC(C)c1nnco1.CC(C)c1nncs1. The van der Waals surface area contributed by atoms with Crippen LogP contribution in [0.5, 0.6) is 0 Å². The van der Waals surface area contributed by atoms with Crippen molar-refractivity contribution in [3.8, 4) is 0 Å². The van der Waals surface area contributed by atoms with Crippen LogP contribution in [0.1, 0.15) is 254 Å². The van der Waals surface area contributed by atoms with E-state index in [4.69, 9.17) is 4.42 Å². The Bertz CT molecular complexity index is 3280. The number of H-pyrrole nitrogens is 1. The Balaban J connectivity index is 0.000000274. The third kappa shape index (κ3) is 32.6. The molecule has 0 spiro atoms. The van der Waals surface area contributed by atoms with E-state index >= 15 is 0 Å². The zero-order valence-electron chi connectivity index (χ0n) is 59.6. The minimum absolute atomic E-state index is 0.345. The predicted molar refractivity (Wildman–Crippen MR) is 393 cm³/mol. The molecular weight excluding hydrogens is 1180 g/mol. The highest BCUT2D eigenvalue weighted by Crippen LogP contribution is 2.21. The first kappa shape index (κ1) is 79.3. The van der Waals surface area contributed by atoms with E-state index < -0.39 is 0 Å². The second-order valence-corrected chi connectivity index (χ2v) is 26.1. The third-order valence-electron chi connectivity index (χ3n) is 13.9. The molecule has 500 valence electrons. The van der Waals surface area contributed by atoms with Crippen molar-refractivity contribution < 1.29 is 8.94 Å². The fourth-order valence-electron chi connectivity index (χ4n) is 7.82. The van der Waals surface area contributed by atoms with Gasteiger partial charge >= 0.3 is 0 Å². The Morgan fingerprint density at radius 3 is 1.37 bits per heavy atom. The molecule has 0 unspecified atom stereocenters. The van der Waals surface area contributed by atoms with Gasteiger partial charge in [0.2, 0.25) is 12.3 Å². The normalized spacial score (nSPS) is 10.4. The first-order valence-corrected chi connectivity index (χ1v) is 33.7. The van der Waals surface area contributed by atoms with Gasteiger partial charge in [0.15, 0.2) is 0 Å². The number of nitrogens with one attached hydrogen (secondary N) is 1. The summed E-state index contributed by atoms with van der Waals surface area (Å²) in [6, 6.07) is 49.5. The summed E-state index contributed by atoms with van der Waals surface area (Å²) in [4.78, 5) is 20.9. The largest absolute Gasteiger partial charge is 0.428 e. The maximum Gasteiger partial charge on any atom is 0.218 e. The van der Waals surface area contributed by atoms with E-state index in [0.717, 1.165) is 21.9 Å². The zero-order chi connectivity index (χ0) is 69.2. The van der Waals surface area contributed by atoms with Crippen LogP contribution in [0.2, 0.25) is 0 Å². The van der Waals surface area contributed by atoms with Crippen LogP contribution in [-0.4, -0.2) is 60.7 Å². The van der Waals surface area contributed by atoms with E-state index in [1.165, 1.54) is 56.2 Å². The average Bonchev–Trinajstić information content (AvgIpc) is 2.19. The number of aromatic nitrogens is 12. The molecule has 3 aromatic carbocycles. The molecule has 12 rings (SSSR count). The Morgan fingerprint density at radius 2 is 0.968 bits per heavy atom. The molecule has 0 atom stereocenters. The number of hydrogen-bond acceptors (Lipinski definition) is 14. The van der Waals surface area contributed by atoms with Crippen LogP contribution in [0.25, 0.3) is 21.7 Å². The topological polar surface area (TPSA) is 184 Å². The van der Waals surface area contributed by atoms with Crippen molar-refractivity contribution in [2.24, 2.45) is 0 Å². The summed E-state index contributed by atoms with van der Waals surface area (Å²) in [5, 5.41) is 30.1. The fourth-order valence-corrected chi connectivity index (χ4v) is 8.38. The van der Waals surface area contributed by atoms with Crippen LogP contribution in [0.4, 0.5) is 0 Å². The van der Waals surface area contributed by atoms with Gasteiger partial charge in [-0.2, -0.15) is 5.10 Å². The first-order valence-electron chi connectivity index (χ1n) is 32.8. The van der Waals surface area contributed by atoms with Crippen LogP contribution in [0.3, 0.4) is 0 Å². The second-order valence-electron chi connectivity index (χ2n) is 25.2. The molecular formula is C79H106N12O2S. The summed E-state index contributed by atoms with van der Waals surface area (Å²) in [6.45, 7) is 42.7. The molecule has 14 nitrogen and oxygen atoms in total. The molecule has 15 heteroatoms. The highest BCUT2D eigenvalue weighted by Gasteiger charge is 2.05. The number of para-hydroxylation sites is 1. The van der Waals surface area contributed by atoms with Crippen LogP contribution < -0.4 is 0 Å². The number of rotatable bonds is 10. The van der Waals surface area contributed by atoms with E-state index in [-0.39, 0.29) is 0 Å². The third-order valence-corrected chi connectivity index (χ3v) is 14.9. The van der Waals surface area contributed by atoms with Crippen LogP contribution in [0.15, 0.2) is 222 Å². The molecule has 9 aromatic heterocycles. The lowest BCUT2D eigenvalue weighted by atomic mass is 10.0. The van der Waals surface area contributed by atoms with Crippen molar-refractivity contribution in [3.63, 3.8) is 0 Å². The summed E-state index contributed by atoms with van der Waals surface area (Å²) < 4.78 is 9.50. The standard InChI is InChI=1S/2C12H13N.C9H12.3C8H11N.C6H10N2.C6H9NO.C5H8N2O.C5H8N2S/c1-9(2)11-7-10-5-3-4-6-12(10)13-8-11;1-9(2)12-7-10-5-3-4-6-11(10)8-13-12;1-8(2)9-6-4-3-5-7-9;1-7(2)8-3-5-9-6-4-8;1-7(2)8-4-3-5-9-6-8;1-7(2)8-5-3-4-6-9-8;1-5(2)6-3-4-7-8-6;1-5(2)6-3-4-8-7-6;2*1-4(2)5-7-6-3-8-5/h2*3-9H,1-2H3;3-8H,1-2H3;3*3-7H,1-2H3;3-5H,1-2H3,(H,7,8);3-5H,1-2H3;2*3-4H,1-2H3. The van der Waals surface area contributed by atoms with Crippen molar-refractivity contribution >= 4 is 33.0 Å². The lowest BCUT2D eigenvalue weighted by Gasteiger charge is -2.05. The van der Waals surface area contributed by atoms with Gasteiger partial charge in [-0.15, -0.1) is 31.7 Å². The molecule has 12 aromatic rings. The van der Waals surface area contributed by atoms with Crippen LogP contribution in [-0.2, 0) is 0 Å². The molecule has 0 aliphatic heterocycles. The molecule has 0 aliphatic rings. The Kier molecular flexibility index (Phi) is 38.3. The number of pyridine rings is 5. The van der Waals surface area contributed by atoms with Gasteiger partial charge in [-0.05, 0) is 130 Å². The van der Waals surface area contributed by atoms with Gasteiger partial charge in [0.25, 0.3) is 0 Å².